The van der Waals surface area contributed by atoms with Gasteiger partial charge in [-0.05, 0) is 44.5 Å². The number of β-amino-alcohol motifs (C(OH)–C–C–N with tert-alkyl or cyclic N) is 1. The zero-order valence-corrected chi connectivity index (χ0v) is 20.6. The van der Waals surface area contributed by atoms with E-state index in [2.05, 4.69) is 10.3 Å². The van der Waals surface area contributed by atoms with E-state index in [0.717, 1.165) is 11.0 Å². The summed E-state index contributed by atoms with van der Waals surface area (Å²) in [5, 5.41) is 12.0. The lowest BCUT2D eigenvalue weighted by atomic mass is 10.1. The molecule has 13 heteroatoms. The molecule has 2 heterocycles. The number of alkyl halides is 4. The standard InChI is InChI=1S/C24H27F4N3O6/c1-23(2,3)37-22(34)29-10-13-5-19(24(26,27)28)30-20(6-13)36-16-8-14(7-15(9-16)35-4)21(33)31-11-17(25)18(32)12-31/h5-9,17-18,32H,10-12H2,1-4H3,(H,29,34). The number of carbonyl (C=O) groups is 2. The van der Waals surface area contributed by atoms with E-state index in [4.69, 9.17) is 14.2 Å². The van der Waals surface area contributed by atoms with Crippen LogP contribution in [0.4, 0.5) is 22.4 Å². The molecule has 202 valence electrons. The second kappa shape index (κ2) is 10.8. The molecule has 1 aromatic carbocycles. The number of hydrogen-bond donors (Lipinski definition) is 2. The average Bonchev–Trinajstić information content (AvgIpc) is 3.13. The molecule has 1 fully saturated rings. The monoisotopic (exact) mass is 529 g/mol. The summed E-state index contributed by atoms with van der Waals surface area (Å²) in [6.07, 6.45) is -8.53. The Morgan fingerprint density at radius 2 is 1.78 bits per heavy atom. The molecule has 1 aliphatic rings. The maximum absolute atomic E-state index is 13.7. The van der Waals surface area contributed by atoms with Gasteiger partial charge in [-0.3, -0.25) is 4.79 Å². The molecule has 2 amide bonds. The Morgan fingerprint density at radius 3 is 2.35 bits per heavy atom. The first-order valence-electron chi connectivity index (χ1n) is 11.2. The van der Waals surface area contributed by atoms with Crippen LogP contribution < -0.4 is 14.8 Å². The van der Waals surface area contributed by atoms with Crippen LogP contribution in [0.2, 0.25) is 0 Å². The van der Waals surface area contributed by atoms with Crippen molar-refractivity contribution in [2.24, 2.45) is 0 Å². The van der Waals surface area contributed by atoms with Crippen LogP contribution in [0.15, 0.2) is 30.3 Å². The number of likely N-dealkylation sites (tertiary alicyclic amines) is 1. The van der Waals surface area contributed by atoms with Gasteiger partial charge in [0.15, 0.2) is 0 Å². The van der Waals surface area contributed by atoms with E-state index >= 15 is 0 Å². The summed E-state index contributed by atoms with van der Waals surface area (Å²) >= 11 is 0. The number of pyridine rings is 1. The molecular weight excluding hydrogens is 502 g/mol. The van der Waals surface area contributed by atoms with E-state index in [1.165, 1.54) is 31.4 Å². The van der Waals surface area contributed by atoms with Crippen molar-refractivity contribution in [3.05, 3.63) is 47.2 Å². The lowest BCUT2D eigenvalue weighted by Gasteiger charge is -2.20. The minimum atomic E-state index is -4.81. The van der Waals surface area contributed by atoms with Gasteiger partial charge >= 0.3 is 12.3 Å². The molecule has 1 aliphatic heterocycles. The third-order valence-corrected chi connectivity index (χ3v) is 5.08. The number of aromatic nitrogens is 1. The summed E-state index contributed by atoms with van der Waals surface area (Å²) < 4.78 is 69.9. The van der Waals surface area contributed by atoms with Crippen LogP contribution in [0.25, 0.3) is 0 Å². The zero-order chi connectivity index (χ0) is 27.5. The maximum Gasteiger partial charge on any atom is 0.433 e. The van der Waals surface area contributed by atoms with Crippen molar-refractivity contribution in [1.29, 1.82) is 0 Å². The third-order valence-electron chi connectivity index (χ3n) is 5.08. The van der Waals surface area contributed by atoms with Crippen molar-refractivity contribution >= 4 is 12.0 Å². The number of aliphatic hydroxyl groups excluding tert-OH is 1. The Hall–Kier alpha value is -3.61. The molecule has 0 aliphatic carbocycles. The second-order valence-electron chi connectivity index (χ2n) is 9.34. The number of alkyl carbamates (subject to hydrolysis) is 1. The highest BCUT2D eigenvalue weighted by atomic mass is 19.4. The van der Waals surface area contributed by atoms with Gasteiger partial charge in [0.2, 0.25) is 5.88 Å². The fourth-order valence-electron chi connectivity index (χ4n) is 3.44. The molecule has 1 saturated heterocycles. The predicted molar refractivity (Wildman–Crippen MR) is 122 cm³/mol. The fourth-order valence-corrected chi connectivity index (χ4v) is 3.44. The van der Waals surface area contributed by atoms with E-state index in [0.29, 0.717) is 0 Å². The van der Waals surface area contributed by atoms with Gasteiger partial charge in [-0.15, -0.1) is 0 Å². The van der Waals surface area contributed by atoms with Crippen molar-refractivity contribution < 1.29 is 46.5 Å². The summed E-state index contributed by atoms with van der Waals surface area (Å²) in [7, 11) is 1.31. The van der Waals surface area contributed by atoms with Crippen LogP contribution in [-0.4, -0.2) is 65.1 Å². The van der Waals surface area contributed by atoms with E-state index < -0.39 is 47.6 Å². The Kier molecular flexibility index (Phi) is 8.16. The van der Waals surface area contributed by atoms with Gasteiger partial charge in [0.05, 0.1) is 13.7 Å². The molecule has 0 radical (unpaired) electrons. The summed E-state index contributed by atoms with van der Waals surface area (Å²) in [4.78, 5) is 29.4. The van der Waals surface area contributed by atoms with E-state index in [1.54, 1.807) is 20.8 Å². The van der Waals surface area contributed by atoms with Crippen molar-refractivity contribution in [1.82, 2.24) is 15.2 Å². The molecule has 0 bridgehead atoms. The normalized spacial score (nSPS) is 17.9. The Labute approximate surface area is 210 Å². The lowest BCUT2D eigenvalue weighted by Crippen LogP contribution is -2.32. The summed E-state index contributed by atoms with van der Waals surface area (Å²) in [6, 6.07) is 5.87. The minimum Gasteiger partial charge on any atom is -0.497 e. The first-order chi connectivity index (χ1) is 17.1. The molecule has 37 heavy (non-hydrogen) atoms. The van der Waals surface area contributed by atoms with Crippen molar-refractivity contribution in [2.45, 2.75) is 51.4 Å². The van der Waals surface area contributed by atoms with Gasteiger partial charge in [0.1, 0.15) is 35.1 Å². The number of aliphatic hydroxyl groups is 1. The highest BCUT2D eigenvalue weighted by Crippen LogP contribution is 2.33. The summed E-state index contributed by atoms with van der Waals surface area (Å²) in [5.41, 5.74) is -2.02. The lowest BCUT2D eigenvalue weighted by molar-refractivity contribution is -0.141. The van der Waals surface area contributed by atoms with Crippen LogP contribution in [-0.2, 0) is 17.5 Å². The van der Waals surface area contributed by atoms with Gasteiger partial charge in [-0.25, -0.2) is 14.2 Å². The number of methoxy groups -OCH3 is 1. The topological polar surface area (TPSA) is 110 Å². The molecule has 2 atom stereocenters. The van der Waals surface area contributed by atoms with Crippen LogP contribution in [0.5, 0.6) is 17.4 Å². The Morgan fingerprint density at radius 1 is 1.11 bits per heavy atom. The smallest absolute Gasteiger partial charge is 0.433 e. The number of halogens is 4. The van der Waals surface area contributed by atoms with Crippen LogP contribution in [0.1, 0.15) is 42.4 Å². The first kappa shape index (κ1) is 28.0. The van der Waals surface area contributed by atoms with E-state index in [1.807, 2.05) is 0 Å². The van der Waals surface area contributed by atoms with Crippen LogP contribution in [0, 0.1) is 0 Å². The van der Waals surface area contributed by atoms with Crippen LogP contribution >= 0.6 is 0 Å². The summed E-state index contributed by atoms with van der Waals surface area (Å²) in [5.74, 6) is -1.00. The van der Waals surface area contributed by atoms with E-state index in [9.17, 15) is 32.3 Å². The maximum atomic E-state index is 13.7. The largest absolute Gasteiger partial charge is 0.497 e. The average molecular weight is 529 g/mol. The van der Waals surface area contributed by atoms with Gasteiger partial charge < -0.3 is 29.5 Å². The van der Waals surface area contributed by atoms with Crippen molar-refractivity contribution in [2.75, 3.05) is 20.2 Å². The zero-order valence-electron chi connectivity index (χ0n) is 20.6. The van der Waals surface area contributed by atoms with Crippen molar-refractivity contribution in [3.8, 4) is 17.4 Å². The number of benzene rings is 1. The van der Waals surface area contributed by atoms with Gasteiger partial charge in [0.25, 0.3) is 5.91 Å². The third kappa shape index (κ3) is 7.68. The van der Waals surface area contributed by atoms with Gasteiger partial charge in [-0.1, -0.05) is 0 Å². The highest BCUT2D eigenvalue weighted by Gasteiger charge is 2.35. The highest BCUT2D eigenvalue weighted by molar-refractivity contribution is 5.95. The fraction of sp³-hybridized carbons (Fsp3) is 0.458. The number of rotatable bonds is 6. The number of nitrogens with one attached hydrogen (secondary N) is 1. The van der Waals surface area contributed by atoms with E-state index in [-0.39, 0.29) is 42.3 Å². The Bertz CT molecular complexity index is 1140. The van der Waals surface area contributed by atoms with Crippen molar-refractivity contribution in [3.63, 3.8) is 0 Å². The quantitative estimate of drug-likeness (QED) is 0.543. The molecule has 0 saturated carbocycles. The molecule has 9 nitrogen and oxygen atoms in total. The minimum absolute atomic E-state index is 0.00874. The van der Waals surface area contributed by atoms with Crippen LogP contribution in [0.3, 0.4) is 0 Å². The van der Waals surface area contributed by atoms with Gasteiger partial charge in [0, 0.05) is 30.8 Å². The number of carbonyl (C=O) groups excluding carboxylic acids is 2. The molecular formula is C24H27F4N3O6. The molecule has 2 aromatic rings. The SMILES string of the molecule is COc1cc(Oc2cc(CNC(=O)OC(C)(C)C)cc(C(F)(F)F)n2)cc(C(=O)N2CC(O)C(F)C2)c1. The first-order valence-corrected chi connectivity index (χ1v) is 11.2. The van der Waals surface area contributed by atoms with Gasteiger partial charge in [-0.2, -0.15) is 13.2 Å². The predicted octanol–water partition coefficient (Wildman–Crippen LogP) is 4.08. The summed E-state index contributed by atoms with van der Waals surface area (Å²) in [6.45, 7) is 4.10. The molecule has 1 aromatic heterocycles. The number of ether oxygens (including phenoxy) is 3. The number of hydrogen-bond acceptors (Lipinski definition) is 7. The number of nitrogens with zero attached hydrogens (tertiary/aromatic N) is 2. The number of amides is 2. The molecule has 3 rings (SSSR count). The second-order valence-corrected chi connectivity index (χ2v) is 9.34. The molecule has 2 N–H and O–H groups in total. The molecule has 0 spiro atoms. The molecule has 2 unspecified atom stereocenters. The Balaban J connectivity index is 1.87.